The summed E-state index contributed by atoms with van der Waals surface area (Å²) in [7, 11) is 0. The minimum Gasteiger partial charge on any atom is -0.390 e. The van der Waals surface area contributed by atoms with Crippen molar-refractivity contribution >= 4 is 11.8 Å². The van der Waals surface area contributed by atoms with Gasteiger partial charge in [-0.25, -0.2) is 0 Å². The first kappa shape index (κ1) is 10.3. The fourth-order valence-corrected chi connectivity index (χ4v) is 1.63. The van der Waals surface area contributed by atoms with Crippen molar-refractivity contribution < 1.29 is 5.11 Å². The van der Waals surface area contributed by atoms with Crippen LogP contribution in [0.15, 0.2) is 0 Å². The van der Waals surface area contributed by atoms with Gasteiger partial charge in [0.25, 0.3) is 0 Å². The Labute approximate surface area is 68.2 Å². The lowest BCUT2D eigenvalue weighted by Crippen LogP contribution is -2.19. The van der Waals surface area contributed by atoms with Crippen LogP contribution in [0.25, 0.3) is 0 Å². The summed E-state index contributed by atoms with van der Waals surface area (Å²) in [5, 5.41) is 10.00. The zero-order valence-electron chi connectivity index (χ0n) is 7.35. The molecular formula is C8H18OS. The van der Waals surface area contributed by atoms with Crippen LogP contribution in [-0.4, -0.2) is 21.7 Å². The largest absolute Gasteiger partial charge is 0.390 e. The number of rotatable bonds is 4. The molecule has 0 aliphatic carbocycles. The highest BCUT2D eigenvalue weighted by Gasteiger charge is 2.11. The van der Waals surface area contributed by atoms with E-state index in [1.54, 1.807) is 0 Å². The molecule has 0 saturated carbocycles. The second-order valence-corrected chi connectivity index (χ2v) is 5.17. The molecule has 10 heavy (non-hydrogen) atoms. The minimum atomic E-state index is -0.484. The third-order valence-corrected chi connectivity index (χ3v) is 2.27. The Hall–Kier alpha value is 0.310. The van der Waals surface area contributed by atoms with Crippen molar-refractivity contribution in [3.63, 3.8) is 0 Å². The summed E-state index contributed by atoms with van der Waals surface area (Å²) in [4.78, 5) is 0. The normalized spacial score (nSPS) is 12.6. The second kappa shape index (κ2) is 4.24. The third-order valence-electron chi connectivity index (χ3n) is 1.17. The summed E-state index contributed by atoms with van der Waals surface area (Å²) in [6.45, 7) is 8.06. The molecule has 0 aromatic carbocycles. The number of thioether (sulfide) groups is 1. The van der Waals surface area contributed by atoms with Crippen LogP contribution in [0.3, 0.4) is 0 Å². The third kappa shape index (κ3) is 8.31. The van der Waals surface area contributed by atoms with Crippen molar-refractivity contribution in [2.24, 2.45) is 0 Å². The molecule has 0 rings (SSSR count). The maximum Gasteiger partial charge on any atom is 0.0599 e. The van der Waals surface area contributed by atoms with E-state index >= 15 is 0 Å². The average Bonchev–Trinajstić information content (AvgIpc) is 1.59. The first-order valence-electron chi connectivity index (χ1n) is 3.76. The van der Waals surface area contributed by atoms with Gasteiger partial charge < -0.3 is 5.11 Å². The zero-order valence-corrected chi connectivity index (χ0v) is 8.16. The molecule has 1 N–H and O–H groups in total. The molecule has 0 aromatic rings. The standard InChI is InChI=1S/C8H18OS/c1-7(2)10-6-5-8(3,4)9/h7,9H,5-6H2,1-4H3. The Bertz CT molecular complexity index is 83.7. The summed E-state index contributed by atoms with van der Waals surface area (Å²) >= 11 is 1.90. The Morgan fingerprint density at radius 1 is 1.40 bits per heavy atom. The molecule has 2 heteroatoms. The maximum absolute atomic E-state index is 9.32. The lowest BCUT2D eigenvalue weighted by atomic mass is 10.1. The van der Waals surface area contributed by atoms with E-state index in [4.69, 9.17) is 0 Å². The highest BCUT2D eigenvalue weighted by molar-refractivity contribution is 7.99. The van der Waals surface area contributed by atoms with Gasteiger partial charge in [0.05, 0.1) is 5.60 Å². The van der Waals surface area contributed by atoms with Crippen molar-refractivity contribution in [1.29, 1.82) is 0 Å². The van der Waals surface area contributed by atoms with E-state index < -0.39 is 5.60 Å². The van der Waals surface area contributed by atoms with Gasteiger partial charge in [0.15, 0.2) is 0 Å². The monoisotopic (exact) mass is 162 g/mol. The van der Waals surface area contributed by atoms with Crippen LogP contribution in [0, 0.1) is 0 Å². The van der Waals surface area contributed by atoms with Crippen molar-refractivity contribution in [2.75, 3.05) is 5.75 Å². The van der Waals surface area contributed by atoms with E-state index in [1.165, 1.54) is 0 Å². The van der Waals surface area contributed by atoms with Crippen molar-refractivity contribution in [2.45, 2.75) is 45.0 Å². The predicted molar refractivity (Wildman–Crippen MR) is 48.5 cm³/mol. The number of aliphatic hydroxyl groups is 1. The molecule has 0 saturated heterocycles. The predicted octanol–water partition coefficient (Wildman–Crippen LogP) is 2.29. The molecule has 62 valence electrons. The van der Waals surface area contributed by atoms with Gasteiger partial charge >= 0.3 is 0 Å². The Balaban J connectivity index is 3.21. The first-order chi connectivity index (χ1) is 4.42. The topological polar surface area (TPSA) is 20.2 Å². The lowest BCUT2D eigenvalue weighted by Gasteiger charge is -2.16. The van der Waals surface area contributed by atoms with Crippen LogP contribution < -0.4 is 0 Å². The van der Waals surface area contributed by atoms with Crippen LogP contribution in [-0.2, 0) is 0 Å². The summed E-state index contributed by atoms with van der Waals surface area (Å²) in [5.41, 5.74) is -0.484. The van der Waals surface area contributed by atoms with Crippen LogP contribution >= 0.6 is 11.8 Å². The molecule has 0 aromatic heterocycles. The molecule has 0 amide bonds. The van der Waals surface area contributed by atoms with E-state index in [9.17, 15) is 5.11 Å². The smallest absolute Gasteiger partial charge is 0.0599 e. The van der Waals surface area contributed by atoms with Crippen LogP contribution in [0.4, 0.5) is 0 Å². The van der Waals surface area contributed by atoms with Crippen LogP contribution in [0.1, 0.15) is 34.1 Å². The first-order valence-corrected chi connectivity index (χ1v) is 4.80. The highest BCUT2D eigenvalue weighted by atomic mass is 32.2. The van der Waals surface area contributed by atoms with Gasteiger partial charge in [-0.05, 0) is 31.3 Å². The van der Waals surface area contributed by atoms with Gasteiger partial charge in [0.2, 0.25) is 0 Å². The molecule has 0 spiro atoms. The van der Waals surface area contributed by atoms with Gasteiger partial charge in [-0.1, -0.05) is 13.8 Å². The fourth-order valence-electron chi connectivity index (χ4n) is 0.544. The molecule has 0 unspecified atom stereocenters. The molecule has 0 atom stereocenters. The summed E-state index contributed by atoms with van der Waals surface area (Å²) in [6.07, 6.45) is 0.885. The summed E-state index contributed by atoms with van der Waals surface area (Å²) in [5.74, 6) is 1.06. The number of hydrogen-bond acceptors (Lipinski definition) is 2. The molecule has 0 fully saturated rings. The molecule has 1 nitrogen and oxygen atoms in total. The van der Waals surface area contributed by atoms with Crippen molar-refractivity contribution in [1.82, 2.24) is 0 Å². The van der Waals surface area contributed by atoms with Gasteiger partial charge in [0, 0.05) is 0 Å². The van der Waals surface area contributed by atoms with Gasteiger partial charge in [-0.3, -0.25) is 0 Å². The average molecular weight is 162 g/mol. The molecule has 0 aliphatic heterocycles. The van der Waals surface area contributed by atoms with Crippen molar-refractivity contribution in [3.05, 3.63) is 0 Å². The molecule has 0 heterocycles. The zero-order chi connectivity index (χ0) is 8.20. The van der Waals surface area contributed by atoms with Crippen LogP contribution in [0.2, 0.25) is 0 Å². The van der Waals surface area contributed by atoms with E-state index in [1.807, 2.05) is 25.6 Å². The minimum absolute atomic E-state index is 0.484. The maximum atomic E-state index is 9.32. The van der Waals surface area contributed by atoms with E-state index in [0.29, 0.717) is 5.25 Å². The molecule has 0 aliphatic rings. The Morgan fingerprint density at radius 2 is 1.90 bits per heavy atom. The fraction of sp³-hybridized carbons (Fsp3) is 1.00. The molecule has 0 radical (unpaired) electrons. The van der Waals surface area contributed by atoms with Gasteiger partial charge in [0.1, 0.15) is 0 Å². The van der Waals surface area contributed by atoms with Gasteiger partial charge in [-0.2, -0.15) is 11.8 Å². The summed E-state index contributed by atoms with van der Waals surface area (Å²) < 4.78 is 0. The quantitative estimate of drug-likeness (QED) is 0.684. The number of hydrogen-bond donors (Lipinski definition) is 1. The Morgan fingerprint density at radius 3 is 2.20 bits per heavy atom. The van der Waals surface area contributed by atoms with E-state index in [2.05, 4.69) is 13.8 Å². The van der Waals surface area contributed by atoms with Crippen LogP contribution in [0.5, 0.6) is 0 Å². The van der Waals surface area contributed by atoms with E-state index in [0.717, 1.165) is 12.2 Å². The second-order valence-electron chi connectivity index (χ2n) is 3.48. The highest BCUT2D eigenvalue weighted by Crippen LogP contribution is 2.16. The Kier molecular flexibility index (Phi) is 4.37. The molecule has 0 bridgehead atoms. The van der Waals surface area contributed by atoms with Crippen molar-refractivity contribution in [3.8, 4) is 0 Å². The SMILES string of the molecule is CC(C)SCCC(C)(C)O. The lowest BCUT2D eigenvalue weighted by molar-refractivity contribution is 0.0777. The van der Waals surface area contributed by atoms with Gasteiger partial charge in [-0.15, -0.1) is 0 Å². The molecular weight excluding hydrogens is 144 g/mol. The summed E-state index contributed by atoms with van der Waals surface area (Å²) in [6, 6.07) is 0. The van der Waals surface area contributed by atoms with E-state index in [-0.39, 0.29) is 0 Å².